The standard InChI is InChI=1S/C15H32O/c1-6-8-9-14(10-11-16)15(5,7-2)12-13(3)4/h13-14,16H,6-12H2,1-5H3. The zero-order chi connectivity index (χ0) is 12.6. The van der Waals surface area contributed by atoms with Gasteiger partial charge in [0.15, 0.2) is 0 Å². The van der Waals surface area contributed by atoms with Gasteiger partial charge in [-0.05, 0) is 36.5 Å². The Balaban J connectivity index is 4.52. The third-order valence-electron chi connectivity index (χ3n) is 4.05. The number of aliphatic hydroxyl groups excluding tert-OH is 1. The van der Waals surface area contributed by atoms with Crippen molar-refractivity contribution in [3.05, 3.63) is 0 Å². The van der Waals surface area contributed by atoms with Crippen LogP contribution in [0, 0.1) is 17.3 Å². The van der Waals surface area contributed by atoms with Gasteiger partial charge in [-0.1, -0.05) is 53.9 Å². The second-order valence-corrected chi connectivity index (χ2v) is 5.96. The fourth-order valence-electron chi connectivity index (χ4n) is 2.98. The second-order valence-electron chi connectivity index (χ2n) is 5.96. The first-order valence-electron chi connectivity index (χ1n) is 7.11. The maximum absolute atomic E-state index is 9.23. The molecule has 0 aromatic carbocycles. The third kappa shape index (κ3) is 5.34. The number of rotatable bonds is 9. The van der Waals surface area contributed by atoms with Crippen LogP contribution < -0.4 is 0 Å². The lowest BCUT2D eigenvalue weighted by molar-refractivity contribution is 0.0989. The maximum Gasteiger partial charge on any atom is 0.0433 e. The molecule has 0 heterocycles. The minimum Gasteiger partial charge on any atom is -0.396 e. The fraction of sp³-hybridized carbons (Fsp3) is 1.00. The van der Waals surface area contributed by atoms with Crippen LogP contribution in [0.5, 0.6) is 0 Å². The summed E-state index contributed by atoms with van der Waals surface area (Å²) in [4.78, 5) is 0. The molecule has 1 N–H and O–H groups in total. The summed E-state index contributed by atoms with van der Waals surface area (Å²) in [5.74, 6) is 1.46. The lowest BCUT2D eigenvalue weighted by Crippen LogP contribution is -2.29. The molecular weight excluding hydrogens is 196 g/mol. The average molecular weight is 228 g/mol. The predicted octanol–water partition coefficient (Wildman–Crippen LogP) is 4.64. The summed E-state index contributed by atoms with van der Waals surface area (Å²) in [5, 5.41) is 9.23. The van der Waals surface area contributed by atoms with Crippen LogP contribution in [-0.4, -0.2) is 11.7 Å². The Morgan fingerprint density at radius 3 is 2.12 bits per heavy atom. The molecule has 16 heavy (non-hydrogen) atoms. The highest BCUT2D eigenvalue weighted by Crippen LogP contribution is 2.41. The summed E-state index contributed by atoms with van der Waals surface area (Å²) < 4.78 is 0. The monoisotopic (exact) mass is 228 g/mol. The first-order chi connectivity index (χ1) is 7.50. The quantitative estimate of drug-likeness (QED) is 0.609. The first kappa shape index (κ1) is 16.0. The SMILES string of the molecule is CCCCC(CCO)C(C)(CC)CC(C)C. The van der Waals surface area contributed by atoms with Crippen LogP contribution >= 0.6 is 0 Å². The van der Waals surface area contributed by atoms with Gasteiger partial charge in [0, 0.05) is 6.61 Å². The smallest absolute Gasteiger partial charge is 0.0433 e. The first-order valence-corrected chi connectivity index (χ1v) is 7.11. The van der Waals surface area contributed by atoms with E-state index in [9.17, 15) is 5.11 Å². The van der Waals surface area contributed by atoms with Gasteiger partial charge in [-0.15, -0.1) is 0 Å². The molecular formula is C15H32O. The average Bonchev–Trinajstić information content (AvgIpc) is 2.23. The molecule has 2 unspecified atom stereocenters. The minimum atomic E-state index is 0.349. The lowest BCUT2D eigenvalue weighted by atomic mass is 9.67. The van der Waals surface area contributed by atoms with E-state index in [4.69, 9.17) is 0 Å². The van der Waals surface area contributed by atoms with E-state index in [1.54, 1.807) is 0 Å². The van der Waals surface area contributed by atoms with Gasteiger partial charge in [-0.3, -0.25) is 0 Å². The molecule has 0 aliphatic carbocycles. The van der Waals surface area contributed by atoms with E-state index in [0.29, 0.717) is 17.9 Å². The van der Waals surface area contributed by atoms with E-state index < -0.39 is 0 Å². The Morgan fingerprint density at radius 1 is 1.12 bits per heavy atom. The molecule has 1 nitrogen and oxygen atoms in total. The summed E-state index contributed by atoms with van der Waals surface area (Å²) in [7, 11) is 0. The van der Waals surface area contributed by atoms with Crippen LogP contribution in [0.15, 0.2) is 0 Å². The third-order valence-corrected chi connectivity index (χ3v) is 4.05. The highest BCUT2D eigenvalue weighted by molar-refractivity contribution is 4.82. The van der Waals surface area contributed by atoms with Crippen LogP contribution in [0.2, 0.25) is 0 Å². The van der Waals surface area contributed by atoms with Crippen molar-refractivity contribution in [1.29, 1.82) is 0 Å². The molecule has 2 atom stereocenters. The Bertz CT molecular complexity index is 165. The van der Waals surface area contributed by atoms with E-state index in [1.807, 2.05) is 0 Å². The molecule has 0 amide bonds. The van der Waals surface area contributed by atoms with Gasteiger partial charge in [-0.2, -0.15) is 0 Å². The summed E-state index contributed by atoms with van der Waals surface area (Å²) in [6, 6.07) is 0. The molecule has 0 aromatic rings. The largest absolute Gasteiger partial charge is 0.396 e. The van der Waals surface area contributed by atoms with Crippen LogP contribution in [0.1, 0.15) is 73.1 Å². The van der Waals surface area contributed by atoms with E-state index in [0.717, 1.165) is 12.3 Å². The predicted molar refractivity (Wildman–Crippen MR) is 72.6 cm³/mol. The highest BCUT2D eigenvalue weighted by Gasteiger charge is 2.32. The Kier molecular flexibility index (Phi) is 8.09. The molecule has 0 aliphatic rings. The number of aliphatic hydroxyl groups is 1. The van der Waals surface area contributed by atoms with Crippen molar-refractivity contribution in [2.75, 3.05) is 6.61 Å². The lowest BCUT2D eigenvalue weighted by Gasteiger charge is -2.38. The molecule has 0 rings (SSSR count). The number of hydrogen-bond acceptors (Lipinski definition) is 1. The Morgan fingerprint density at radius 2 is 1.75 bits per heavy atom. The van der Waals surface area contributed by atoms with E-state index in [1.165, 1.54) is 32.1 Å². The fourth-order valence-corrected chi connectivity index (χ4v) is 2.98. The van der Waals surface area contributed by atoms with Crippen molar-refractivity contribution in [1.82, 2.24) is 0 Å². The summed E-state index contributed by atoms with van der Waals surface area (Å²) in [5.41, 5.74) is 0.423. The Hall–Kier alpha value is -0.0400. The molecule has 0 aliphatic heterocycles. The number of hydrogen-bond donors (Lipinski definition) is 1. The topological polar surface area (TPSA) is 20.2 Å². The van der Waals surface area contributed by atoms with Crippen molar-refractivity contribution < 1.29 is 5.11 Å². The van der Waals surface area contributed by atoms with E-state index in [-0.39, 0.29) is 0 Å². The normalized spacial score (nSPS) is 17.4. The Labute approximate surface area is 103 Å². The van der Waals surface area contributed by atoms with Crippen LogP contribution in [-0.2, 0) is 0 Å². The van der Waals surface area contributed by atoms with E-state index in [2.05, 4.69) is 34.6 Å². The van der Waals surface area contributed by atoms with Crippen molar-refractivity contribution in [2.24, 2.45) is 17.3 Å². The molecule has 0 aromatic heterocycles. The van der Waals surface area contributed by atoms with Gasteiger partial charge in [0.25, 0.3) is 0 Å². The molecule has 98 valence electrons. The zero-order valence-electron chi connectivity index (χ0n) is 12.1. The van der Waals surface area contributed by atoms with Gasteiger partial charge < -0.3 is 5.11 Å². The molecule has 0 fully saturated rings. The van der Waals surface area contributed by atoms with Crippen LogP contribution in [0.4, 0.5) is 0 Å². The summed E-state index contributed by atoms with van der Waals surface area (Å²) in [6.07, 6.45) is 7.37. The van der Waals surface area contributed by atoms with Crippen LogP contribution in [0.3, 0.4) is 0 Å². The maximum atomic E-state index is 9.23. The molecule has 1 heteroatoms. The highest BCUT2D eigenvalue weighted by atomic mass is 16.3. The van der Waals surface area contributed by atoms with Crippen LogP contribution in [0.25, 0.3) is 0 Å². The van der Waals surface area contributed by atoms with Crippen molar-refractivity contribution in [3.8, 4) is 0 Å². The van der Waals surface area contributed by atoms with Gasteiger partial charge >= 0.3 is 0 Å². The second kappa shape index (κ2) is 8.11. The minimum absolute atomic E-state index is 0.349. The van der Waals surface area contributed by atoms with Crippen molar-refractivity contribution in [2.45, 2.75) is 73.1 Å². The molecule has 0 bridgehead atoms. The zero-order valence-corrected chi connectivity index (χ0v) is 12.1. The number of unbranched alkanes of at least 4 members (excludes halogenated alkanes) is 1. The van der Waals surface area contributed by atoms with Crippen molar-refractivity contribution >= 4 is 0 Å². The van der Waals surface area contributed by atoms with Gasteiger partial charge in [0.2, 0.25) is 0 Å². The molecule has 0 saturated heterocycles. The van der Waals surface area contributed by atoms with Crippen molar-refractivity contribution in [3.63, 3.8) is 0 Å². The molecule has 0 radical (unpaired) electrons. The van der Waals surface area contributed by atoms with Gasteiger partial charge in [0.1, 0.15) is 0 Å². The van der Waals surface area contributed by atoms with Gasteiger partial charge in [-0.25, -0.2) is 0 Å². The summed E-state index contributed by atoms with van der Waals surface area (Å²) in [6.45, 7) is 11.9. The van der Waals surface area contributed by atoms with E-state index >= 15 is 0 Å². The molecule has 0 saturated carbocycles. The molecule has 0 spiro atoms. The summed E-state index contributed by atoms with van der Waals surface area (Å²) >= 11 is 0. The van der Waals surface area contributed by atoms with Gasteiger partial charge in [0.05, 0.1) is 0 Å².